The Bertz CT molecular complexity index is 2000. The van der Waals surface area contributed by atoms with Gasteiger partial charge in [0.15, 0.2) is 5.66 Å². The van der Waals surface area contributed by atoms with E-state index in [-0.39, 0.29) is 16.5 Å². The zero-order valence-corrected chi connectivity index (χ0v) is 27.6. The fourth-order valence-corrected chi connectivity index (χ4v) is 5.97. The van der Waals surface area contributed by atoms with Gasteiger partial charge in [-0.15, -0.1) is 0 Å². The van der Waals surface area contributed by atoms with Crippen molar-refractivity contribution in [1.82, 2.24) is 0 Å². The molecule has 0 bridgehead atoms. The van der Waals surface area contributed by atoms with E-state index in [9.17, 15) is 31.2 Å². The van der Waals surface area contributed by atoms with Crippen LogP contribution >= 0.6 is 11.6 Å². The first-order valence-corrected chi connectivity index (χ1v) is 16.5. The quantitative estimate of drug-likeness (QED) is 0.128. The zero-order valence-electron chi connectivity index (χ0n) is 26.0. The second-order valence-electron chi connectivity index (χ2n) is 12.0. The normalized spacial score (nSPS) is 17.5. The second kappa shape index (κ2) is 12.8. The lowest BCUT2D eigenvalue weighted by Gasteiger charge is -2.35. The Hall–Kier alpha value is -4.59. The Kier molecular flexibility index (Phi) is 9.25. The third-order valence-corrected chi connectivity index (χ3v) is 9.76. The lowest BCUT2D eigenvalue weighted by Crippen LogP contribution is -2.58. The van der Waals surface area contributed by atoms with Gasteiger partial charge in [-0.1, -0.05) is 54.4 Å². The number of fused-ring (bicyclic) bond motifs is 1. The predicted octanol–water partition coefficient (Wildman–Crippen LogP) is 8.13. The summed E-state index contributed by atoms with van der Waals surface area (Å²) in [5, 5.41) is 12.7. The van der Waals surface area contributed by atoms with Crippen molar-refractivity contribution >= 4 is 56.3 Å². The molecule has 1 fully saturated rings. The average Bonchev–Trinajstić information content (AvgIpc) is 3.65. The van der Waals surface area contributed by atoms with Crippen molar-refractivity contribution in [3.8, 4) is 0 Å². The van der Waals surface area contributed by atoms with E-state index in [1.165, 1.54) is 24.3 Å². The van der Waals surface area contributed by atoms with Gasteiger partial charge in [0.1, 0.15) is 0 Å². The molecule has 0 radical (unpaired) electrons. The maximum absolute atomic E-state index is 13.7. The molecule has 48 heavy (non-hydrogen) atoms. The molecule has 252 valence electrons. The lowest BCUT2D eigenvalue weighted by atomic mass is 9.90. The summed E-state index contributed by atoms with van der Waals surface area (Å²) >= 11 is 6.23. The molecule has 2 aliphatic rings. The molecule has 0 spiro atoms. The highest BCUT2D eigenvalue weighted by Gasteiger charge is 2.63. The van der Waals surface area contributed by atoms with Gasteiger partial charge < -0.3 is 21.3 Å². The van der Waals surface area contributed by atoms with Gasteiger partial charge in [-0.2, -0.15) is 21.6 Å². The van der Waals surface area contributed by atoms with Crippen LogP contribution in [0.3, 0.4) is 0 Å². The molecule has 1 aliphatic heterocycles. The molecule has 14 heteroatoms. The maximum atomic E-state index is 13.7. The first-order chi connectivity index (χ1) is 22.4. The SMILES string of the molecule is Cc1c(Cl)cccc1NC(=O)C1(C2(C)CC2)Nc2ccc(NC(=O)c3ccccc3C(F)(F)F)cc2N1.Cc1ccc(S(=O)(=O)O)cc1. The minimum atomic E-state index is -4.66. The number of carbonyl (C=O) groups excluding carboxylic acids is 2. The van der Waals surface area contributed by atoms with Gasteiger partial charge in [0.2, 0.25) is 0 Å². The van der Waals surface area contributed by atoms with Gasteiger partial charge in [-0.25, -0.2) is 0 Å². The summed E-state index contributed by atoms with van der Waals surface area (Å²) in [7, 11) is -4.02. The minimum Gasteiger partial charge on any atom is -0.353 e. The molecule has 1 aliphatic carbocycles. The predicted molar refractivity (Wildman–Crippen MR) is 179 cm³/mol. The van der Waals surface area contributed by atoms with E-state index < -0.39 is 44.4 Å². The van der Waals surface area contributed by atoms with Crippen LogP contribution in [-0.4, -0.2) is 30.4 Å². The number of hydrogen-bond donors (Lipinski definition) is 5. The molecule has 4 aromatic carbocycles. The van der Waals surface area contributed by atoms with Crippen molar-refractivity contribution in [1.29, 1.82) is 0 Å². The molecule has 1 saturated carbocycles. The first kappa shape index (κ1) is 34.7. The van der Waals surface area contributed by atoms with Crippen molar-refractivity contribution in [3.05, 3.63) is 112 Å². The summed E-state index contributed by atoms with van der Waals surface area (Å²) in [6.45, 7) is 5.66. The van der Waals surface area contributed by atoms with Crippen LogP contribution in [0.5, 0.6) is 0 Å². The highest BCUT2D eigenvalue weighted by Crippen LogP contribution is 2.58. The highest BCUT2D eigenvalue weighted by molar-refractivity contribution is 7.85. The summed E-state index contributed by atoms with van der Waals surface area (Å²) in [5.41, 5.74) is 0.723. The second-order valence-corrected chi connectivity index (χ2v) is 13.8. The van der Waals surface area contributed by atoms with Gasteiger partial charge in [0, 0.05) is 21.8 Å². The highest BCUT2D eigenvalue weighted by atomic mass is 35.5. The van der Waals surface area contributed by atoms with E-state index in [0.29, 0.717) is 22.1 Å². The summed E-state index contributed by atoms with van der Waals surface area (Å²) in [6.07, 6.45) is -3.05. The zero-order chi connectivity index (χ0) is 35.1. The average molecular weight is 701 g/mol. The van der Waals surface area contributed by atoms with Gasteiger partial charge in [-0.05, 0) is 86.8 Å². The van der Waals surface area contributed by atoms with Crippen LogP contribution in [0.15, 0.2) is 89.8 Å². The van der Waals surface area contributed by atoms with Crippen molar-refractivity contribution in [2.24, 2.45) is 5.41 Å². The van der Waals surface area contributed by atoms with Gasteiger partial charge in [0.05, 0.1) is 27.4 Å². The molecule has 4 aromatic rings. The van der Waals surface area contributed by atoms with E-state index in [2.05, 4.69) is 21.3 Å². The minimum absolute atomic E-state index is 0.0666. The Labute approximate surface area is 280 Å². The molecule has 2 amide bonds. The van der Waals surface area contributed by atoms with Crippen molar-refractivity contribution in [2.45, 2.75) is 50.3 Å². The van der Waals surface area contributed by atoms with E-state index >= 15 is 0 Å². The number of nitrogens with one attached hydrogen (secondary N) is 4. The summed E-state index contributed by atoms with van der Waals surface area (Å²) in [5.74, 6) is -1.17. The van der Waals surface area contributed by atoms with E-state index in [0.717, 1.165) is 36.1 Å². The number of rotatable bonds is 6. The number of anilines is 4. The lowest BCUT2D eigenvalue weighted by molar-refractivity contribution is -0.137. The van der Waals surface area contributed by atoms with Crippen LogP contribution in [0.4, 0.5) is 35.9 Å². The Morgan fingerprint density at radius 3 is 2.15 bits per heavy atom. The molecule has 5 N–H and O–H groups in total. The van der Waals surface area contributed by atoms with Crippen molar-refractivity contribution in [2.75, 3.05) is 21.3 Å². The monoisotopic (exact) mass is 700 g/mol. The number of halogens is 4. The molecule has 1 heterocycles. The molecule has 0 aromatic heterocycles. The van der Waals surface area contributed by atoms with E-state index in [4.69, 9.17) is 16.2 Å². The van der Waals surface area contributed by atoms with Gasteiger partial charge in [0.25, 0.3) is 21.9 Å². The number of benzene rings is 4. The largest absolute Gasteiger partial charge is 0.417 e. The Morgan fingerprint density at radius 2 is 1.52 bits per heavy atom. The summed E-state index contributed by atoms with van der Waals surface area (Å²) in [6, 6.07) is 20.7. The van der Waals surface area contributed by atoms with Crippen molar-refractivity contribution in [3.63, 3.8) is 0 Å². The molecular formula is C34H32ClF3N4O5S. The number of aryl methyl sites for hydroxylation is 1. The van der Waals surface area contributed by atoms with Crippen LogP contribution in [0.25, 0.3) is 0 Å². The number of amides is 2. The Balaban J connectivity index is 0.000000349. The van der Waals surface area contributed by atoms with Gasteiger partial charge >= 0.3 is 6.18 Å². The summed E-state index contributed by atoms with van der Waals surface area (Å²) in [4.78, 5) is 26.3. The topological polar surface area (TPSA) is 137 Å². The fraction of sp³-hybridized carbons (Fsp3) is 0.235. The van der Waals surface area contributed by atoms with Crippen LogP contribution in [-0.2, 0) is 21.1 Å². The van der Waals surface area contributed by atoms with Crippen LogP contribution in [0.2, 0.25) is 5.02 Å². The van der Waals surface area contributed by atoms with E-state index in [1.807, 2.05) is 20.8 Å². The third-order valence-electron chi connectivity index (χ3n) is 8.48. The molecule has 1 atom stereocenters. The molecule has 0 saturated heterocycles. The first-order valence-electron chi connectivity index (χ1n) is 14.7. The van der Waals surface area contributed by atoms with Gasteiger partial charge in [-0.3, -0.25) is 14.1 Å². The molecule has 1 unspecified atom stereocenters. The number of carbonyl (C=O) groups is 2. The Morgan fingerprint density at radius 1 is 0.875 bits per heavy atom. The molecule has 9 nitrogen and oxygen atoms in total. The molecular weight excluding hydrogens is 669 g/mol. The molecule has 6 rings (SSSR count). The number of hydrogen-bond acceptors (Lipinski definition) is 6. The standard InChI is InChI=1S/C27H24ClF3N4O2.C7H8O3S/c1-15-19(28)8-5-9-20(15)33-24(37)26(25(2)12-13-25)34-21-11-10-16(14-22(21)35-26)32-23(36)17-6-3-4-7-18(17)27(29,30)31;1-6-2-4-7(5-3-6)11(8,9)10/h3-11,14,34-35H,12-13H2,1-2H3,(H,32,36)(H,33,37);2-5H,1H3,(H,8,9,10). The van der Waals surface area contributed by atoms with Crippen LogP contribution in [0.1, 0.15) is 46.8 Å². The summed E-state index contributed by atoms with van der Waals surface area (Å²) < 4.78 is 69.6. The third kappa shape index (κ3) is 7.13. The van der Waals surface area contributed by atoms with Crippen LogP contribution < -0.4 is 21.3 Å². The van der Waals surface area contributed by atoms with Crippen molar-refractivity contribution < 1.29 is 35.7 Å². The fourth-order valence-electron chi connectivity index (χ4n) is 5.32. The smallest absolute Gasteiger partial charge is 0.353 e. The number of alkyl halides is 3. The maximum Gasteiger partial charge on any atom is 0.417 e. The van der Waals surface area contributed by atoms with E-state index in [1.54, 1.807) is 48.5 Å². The van der Waals surface area contributed by atoms with Crippen LogP contribution in [0, 0.1) is 19.3 Å².